The first-order valence-electron chi connectivity index (χ1n) is 7.88. The summed E-state index contributed by atoms with van der Waals surface area (Å²) >= 11 is 0. The second-order valence-electron chi connectivity index (χ2n) is 5.72. The Morgan fingerprint density at radius 1 is 1.00 bits per heavy atom. The van der Waals surface area contributed by atoms with Gasteiger partial charge in [0.15, 0.2) is 0 Å². The average Bonchev–Trinajstić information content (AvgIpc) is 2.63. The smallest absolute Gasteiger partial charge is 0.225 e. The maximum absolute atomic E-state index is 4.43. The maximum Gasteiger partial charge on any atom is 0.225 e. The molecule has 0 saturated carbocycles. The van der Waals surface area contributed by atoms with Crippen molar-refractivity contribution < 1.29 is 0 Å². The van der Waals surface area contributed by atoms with Gasteiger partial charge >= 0.3 is 0 Å². The largest absolute Gasteiger partial charge is 0.365 e. The molecule has 4 rings (SSSR count). The van der Waals surface area contributed by atoms with Crippen LogP contribution in [0.5, 0.6) is 0 Å². The molecule has 3 aromatic rings. The molecule has 1 N–H and O–H groups in total. The van der Waals surface area contributed by atoms with Crippen molar-refractivity contribution in [2.75, 3.05) is 23.3 Å². The van der Waals surface area contributed by atoms with E-state index in [1.165, 1.54) is 0 Å². The first-order valence-corrected chi connectivity index (χ1v) is 7.88. The number of piperidine rings is 1. The number of nitrogens with one attached hydrogen (secondary N) is 1. The van der Waals surface area contributed by atoms with Crippen LogP contribution < -0.4 is 10.2 Å². The summed E-state index contributed by atoms with van der Waals surface area (Å²) in [5.41, 5.74) is 0.962. The fourth-order valence-corrected chi connectivity index (χ4v) is 3.04. The summed E-state index contributed by atoms with van der Waals surface area (Å²) in [6.07, 6.45) is 7.42. The molecule has 1 aliphatic rings. The van der Waals surface area contributed by atoms with E-state index in [1.807, 2.05) is 24.3 Å². The van der Waals surface area contributed by atoms with Gasteiger partial charge in [0.2, 0.25) is 5.95 Å². The maximum atomic E-state index is 4.43. The van der Waals surface area contributed by atoms with Gasteiger partial charge in [-0.05, 0) is 31.0 Å². The standard InChI is InChI=1S/C17H18N6/c1-2-7-15-14(6-1)16(21-12-20-15)22-13-5-3-10-23(11-13)17-18-8-4-9-19-17/h1-2,4,6-9,12-13H,3,5,10-11H2,(H,20,21,22)/t13-/m0/s1. The minimum atomic E-state index is 0.325. The van der Waals surface area contributed by atoms with Crippen molar-refractivity contribution in [1.82, 2.24) is 19.9 Å². The molecular formula is C17H18N6. The highest BCUT2D eigenvalue weighted by molar-refractivity contribution is 5.88. The number of anilines is 2. The molecule has 1 aliphatic heterocycles. The van der Waals surface area contributed by atoms with Crippen LogP contribution in [0, 0.1) is 0 Å². The monoisotopic (exact) mass is 306 g/mol. The second kappa shape index (κ2) is 6.16. The van der Waals surface area contributed by atoms with Crippen LogP contribution in [0.25, 0.3) is 10.9 Å². The van der Waals surface area contributed by atoms with Crippen molar-refractivity contribution >= 4 is 22.7 Å². The summed E-state index contributed by atoms with van der Waals surface area (Å²) in [4.78, 5) is 19.7. The fraction of sp³-hybridized carbons (Fsp3) is 0.294. The quantitative estimate of drug-likeness (QED) is 0.802. The summed E-state index contributed by atoms with van der Waals surface area (Å²) in [5, 5.41) is 4.63. The van der Waals surface area contributed by atoms with Gasteiger partial charge in [0.25, 0.3) is 0 Å². The molecule has 2 aromatic heterocycles. The van der Waals surface area contributed by atoms with Crippen molar-refractivity contribution in [2.45, 2.75) is 18.9 Å². The minimum absolute atomic E-state index is 0.325. The number of hydrogen-bond acceptors (Lipinski definition) is 6. The topological polar surface area (TPSA) is 66.8 Å². The molecule has 1 atom stereocenters. The van der Waals surface area contributed by atoms with Gasteiger partial charge in [-0.1, -0.05) is 12.1 Å². The van der Waals surface area contributed by atoms with Crippen molar-refractivity contribution in [3.8, 4) is 0 Å². The molecule has 0 radical (unpaired) electrons. The van der Waals surface area contributed by atoms with Gasteiger partial charge in [-0.25, -0.2) is 19.9 Å². The zero-order valence-corrected chi connectivity index (χ0v) is 12.8. The summed E-state index contributed by atoms with van der Waals surface area (Å²) in [7, 11) is 0. The van der Waals surface area contributed by atoms with Gasteiger partial charge in [-0.3, -0.25) is 0 Å². The molecule has 0 spiro atoms. The van der Waals surface area contributed by atoms with E-state index in [-0.39, 0.29) is 0 Å². The molecule has 0 amide bonds. The number of benzene rings is 1. The lowest BCUT2D eigenvalue weighted by molar-refractivity contribution is 0.522. The first-order chi connectivity index (χ1) is 11.4. The minimum Gasteiger partial charge on any atom is -0.365 e. The lowest BCUT2D eigenvalue weighted by atomic mass is 10.1. The molecule has 0 aliphatic carbocycles. The van der Waals surface area contributed by atoms with E-state index in [4.69, 9.17) is 0 Å². The predicted molar refractivity (Wildman–Crippen MR) is 90.4 cm³/mol. The molecule has 1 saturated heterocycles. The van der Waals surface area contributed by atoms with Gasteiger partial charge in [-0.15, -0.1) is 0 Å². The zero-order valence-electron chi connectivity index (χ0n) is 12.8. The normalized spacial score (nSPS) is 18.1. The van der Waals surface area contributed by atoms with Gasteiger partial charge < -0.3 is 10.2 Å². The number of para-hydroxylation sites is 1. The summed E-state index contributed by atoms with van der Waals surface area (Å²) in [6, 6.07) is 10.2. The van der Waals surface area contributed by atoms with Crippen molar-refractivity contribution in [1.29, 1.82) is 0 Å². The highest BCUT2D eigenvalue weighted by Gasteiger charge is 2.22. The molecule has 3 heterocycles. The third kappa shape index (κ3) is 2.92. The Labute approximate surface area is 134 Å². The van der Waals surface area contributed by atoms with Crippen LogP contribution in [0.3, 0.4) is 0 Å². The lowest BCUT2D eigenvalue weighted by Gasteiger charge is -2.33. The van der Waals surface area contributed by atoms with Gasteiger partial charge in [0.1, 0.15) is 12.1 Å². The number of nitrogens with zero attached hydrogens (tertiary/aromatic N) is 5. The summed E-state index contributed by atoms with van der Waals surface area (Å²) < 4.78 is 0. The molecular weight excluding hydrogens is 288 g/mol. The average molecular weight is 306 g/mol. The summed E-state index contributed by atoms with van der Waals surface area (Å²) in [5.74, 6) is 1.70. The SMILES string of the molecule is c1cnc(N2CCC[C@H](Nc3ncnc4ccccc34)C2)nc1. The Morgan fingerprint density at radius 3 is 2.78 bits per heavy atom. The Hall–Kier alpha value is -2.76. The molecule has 0 bridgehead atoms. The van der Waals surface area contributed by atoms with E-state index in [9.17, 15) is 0 Å². The number of hydrogen-bond donors (Lipinski definition) is 1. The fourth-order valence-electron chi connectivity index (χ4n) is 3.04. The highest BCUT2D eigenvalue weighted by Crippen LogP contribution is 2.22. The highest BCUT2D eigenvalue weighted by atomic mass is 15.3. The van der Waals surface area contributed by atoms with Gasteiger partial charge in [0.05, 0.1) is 5.52 Å². The van der Waals surface area contributed by atoms with Crippen LogP contribution in [-0.4, -0.2) is 39.1 Å². The number of rotatable bonds is 3. The van der Waals surface area contributed by atoms with Crippen molar-refractivity contribution in [2.24, 2.45) is 0 Å². The first kappa shape index (κ1) is 13.9. The number of aromatic nitrogens is 4. The van der Waals surface area contributed by atoms with Crippen LogP contribution in [0.15, 0.2) is 49.1 Å². The Kier molecular flexibility index (Phi) is 3.71. The summed E-state index contributed by atoms with van der Waals surface area (Å²) in [6.45, 7) is 1.87. The second-order valence-corrected chi connectivity index (χ2v) is 5.72. The molecule has 0 unspecified atom stereocenters. The molecule has 1 fully saturated rings. The lowest BCUT2D eigenvalue weighted by Crippen LogP contribution is -2.43. The molecule has 6 nitrogen and oxygen atoms in total. The van der Waals surface area contributed by atoms with Gasteiger partial charge in [0, 0.05) is 36.9 Å². The Balaban J connectivity index is 1.54. The van der Waals surface area contributed by atoms with Crippen LogP contribution in [-0.2, 0) is 0 Å². The van der Waals surface area contributed by atoms with Crippen molar-refractivity contribution in [3.05, 3.63) is 49.1 Å². The van der Waals surface area contributed by atoms with Crippen LogP contribution in [0.1, 0.15) is 12.8 Å². The van der Waals surface area contributed by atoms with E-state index in [2.05, 4.69) is 36.2 Å². The van der Waals surface area contributed by atoms with Crippen LogP contribution >= 0.6 is 0 Å². The van der Waals surface area contributed by atoms with E-state index in [1.54, 1.807) is 18.7 Å². The van der Waals surface area contributed by atoms with E-state index in [0.29, 0.717) is 6.04 Å². The van der Waals surface area contributed by atoms with E-state index in [0.717, 1.165) is 48.6 Å². The molecule has 23 heavy (non-hydrogen) atoms. The van der Waals surface area contributed by atoms with Crippen LogP contribution in [0.4, 0.5) is 11.8 Å². The number of fused-ring (bicyclic) bond motifs is 1. The Morgan fingerprint density at radius 2 is 1.87 bits per heavy atom. The zero-order chi connectivity index (χ0) is 15.5. The third-order valence-corrected chi connectivity index (χ3v) is 4.14. The van der Waals surface area contributed by atoms with E-state index >= 15 is 0 Å². The Bertz CT molecular complexity index is 786. The van der Waals surface area contributed by atoms with E-state index < -0.39 is 0 Å². The molecule has 116 valence electrons. The van der Waals surface area contributed by atoms with Gasteiger partial charge in [-0.2, -0.15) is 0 Å². The van der Waals surface area contributed by atoms with Crippen LogP contribution in [0.2, 0.25) is 0 Å². The predicted octanol–water partition coefficient (Wildman–Crippen LogP) is 2.50. The molecule has 6 heteroatoms. The van der Waals surface area contributed by atoms with Crippen molar-refractivity contribution in [3.63, 3.8) is 0 Å². The third-order valence-electron chi connectivity index (χ3n) is 4.14. The molecule has 1 aromatic carbocycles.